The third-order valence-corrected chi connectivity index (χ3v) is 2.63. The van der Waals surface area contributed by atoms with Crippen LogP contribution in [0.4, 0.5) is 4.39 Å². The number of nitriles is 1. The Hall–Kier alpha value is -1.40. The van der Waals surface area contributed by atoms with E-state index in [2.05, 4.69) is 6.07 Å². The number of ether oxygens (including phenoxy) is 1. The maximum atomic E-state index is 13.1. The fourth-order valence-electron chi connectivity index (χ4n) is 1.76. The standard InChI is InChI=1S/C12H12FNO/c13-11-5-6-15-12(7-11)10-3-1-9(8-14)2-4-10/h1-4,11-12H,5-7H2/t11-,12+/m0/s1. The molecule has 3 heteroatoms. The number of halogens is 1. The Morgan fingerprint density at radius 3 is 2.67 bits per heavy atom. The Bertz CT molecular complexity index is 368. The summed E-state index contributed by atoms with van der Waals surface area (Å²) < 4.78 is 18.6. The largest absolute Gasteiger partial charge is 0.373 e. The van der Waals surface area contributed by atoms with Crippen molar-refractivity contribution in [1.29, 1.82) is 5.26 Å². The van der Waals surface area contributed by atoms with Crippen LogP contribution in [0.2, 0.25) is 0 Å². The molecule has 2 nitrogen and oxygen atoms in total. The van der Waals surface area contributed by atoms with Crippen LogP contribution in [0.25, 0.3) is 0 Å². The first-order chi connectivity index (χ1) is 7.29. The zero-order chi connectivity index (χ0) is 10.7. The van der Waals surface area contributed by atoms with Crippen LogP contribution in [0, 0.1) is 11.3 Å². The highest BCUT2D eigenvalue weighted by Gasteiger charge is 2.23. The summed E-state index contributed by atoms with van der Waals surface area (Å²) in [6.07, 6.45) is -0.000490. The zero-order valence-corrected chi connectivity index (χ0v) is 8.32. The van der Waals surface area contributed by atoms with Gasteiger partial charge < -0.3 is 4.74 Å². The Morgan fingerprint density at radius 1 is 1.33 bits per heavy atom. The van der Waals surface area contributed by atoms with Crippen molar-refractivity contribution in [3.8, 4) is 6.07 Å². The molecule has 0 amide bonds. The summed E-state index contributed by atoms with van der Waals surface area (Å²) in [5.41, 5.74) is 1.57. The molecule has 2 atom stereocenters. The average molecular weight is 205 g/mol. The molecule has 1 heterocycles. The predicted octanol–water partition coefficient (Wildman–Crippen LogP) is 2.75. The van der Waals surface area contributed by atoms with E-state index in [-0.39, 0.29) is 6.10 Å². The molecule has 1 aromatic rings. The van der Waals surface area contributed by atoms with Crippen molar-refractivity contribution < 1.29 is 9.13 Å². The van der Waals surface area contributed by atoms with Gasteiger partial charge in [0.05, 0.1) is 24.3 Å². The minimum Gasteiger partial charge on any atom is -0.373 e. The van der Waals surface area contributed by atoms with Crippen LogP contribution in [0.5, 0.6) is 0 Å². The van der Waals surface area contributed by atoms with E-state index in [1.807, 2.05) is 12.1 Å². The molecule has 1 fully saturated rings. The molecule has 78 valence electrons. The van der Waals surface area contributed by atoms with Gasteiger partial charge in [0.1, 0.15) is 6.17 Å². The summed E-state index contributed by atoms with van der Waals surface area (Å²) in [5, 5.41) is 8.64. The van der Waals surface area contributed by atoms with Crippen LogP contribution < -0.4 is 0 Å². The molecule has 0 aromatic heterocycles. The molecule has 0 N–H and O–H groups in total. The lowest BCUT2D eigenvalue weighted by Crippen LogP contribution is -2.20. The molecular formula is C12H12FNO. The smallest absolute Gasteiger partial charge is 0.105 e. The summed E-state index contributed by atoms with van der Waals surface area (Å²) in [5.74, 6) is 0. The highest BCUT2D eigenvalue weighted by Crippen LogP contribution is 2.29. The van der Waals surface area contributed by atoms with Gasteiger partial charge in [-0.1, -0.05) is 12.1 Å². The number of nitrogens with zero attached hydrogens (tertiary/aromatic N) is 1. The first-order valence-corrected chi connectivity index (χ1v) is 5.05. The van der Waals surface area contributed by atoms with Crippen LogP contribution in [-0.2, 0) is 4.74 Å². The minimum absolute atomic E-state index is 0.151. The van der Waals surface area contributed by atoms with E-state index in [0.717, 1.165) is 5.56 Å². The van der Waals surface area contributed by atoms with E-state index >= 15 is 0 Å². The van der Waals surface area contributed by atoms with Crippen molar-refractivity contribution >= 4 is 0 Å². The van der Waals surface area contributed by atoms with Crippen LogP contribution in [0.15, 0.2) is 24.3 Å². The van der Waals surface area contributed by atoms with Crippen LogP contribution in [0.3, 0.4) is 0 Å². The highest BCUT2D eigenvalue weighted by molar-refractivity contribution is 5.32. The molecule has 0 aliphatic carbocycles. The van der Waals surface area contributed by atoms with Gasteiger partial charge in [0, 0.05) is 12.8 Å². The number of rotatable bonds is 1. The summed E-state index contributed by atoms with van der Waals surface area (Å²) in [6.45, 7) is 0.478. The van der Waals surface area contributed by atoms with Gasteiger partial charge in [-0.05, 0) is 17.7 Å². The van der Waals surface area contributed by atoms with Gasteiger partial charge in [-0.3, -0.25) is 0 Å². The first kappa shape index (κ1) is 10.1. The Labute approximate surface area is 88.3 Å². The van der Waals surface area contributed by atoms with E-state index in [0.29, 0.717) is 25.0 Å². The average Bonchev–Trinajstić information content (AvgIpc) is 2.29. The van der Waals surface area contributed by atoms with Gasteiger partial charge in [-0.2, -0.15) is 5.26 Å². The summed E-state index contributed by atoms with van der Waals surface area (Å²) in [6, 6.07) is 9.19. The first-order valence-electron chi connectivity index (χ1n) is 5.05. The SMILES string of the molecule is N#Cc1ccc([C@H]2C[C@@H](F)CCO2)cc1. The number of hydrogen-bond donors (Lipinski definition) is 0. The fraction of sp³-hybridized carbons (Fsp3) is 0.417. The van der Waals surface area contributed by atoms with Gasteiger partial charge in [-0.15, -0.1) is 0 Å². The quantitative estimate of drug-likeness (QED) is 0.706. The van der Waals surface area contributed by atoms with Gasteiger partial charge in [0.2, 0.25) is 0 Å². The van der Waals surface area contributed by atoms with Gasteiger partial charge in [0.25, 0.3) is 0 Å². The summed E-state index contributed by atoms with van der Waals surface area (Å²) >= 11 is 0. The molecule has 0 bridgehead atoms. The molecule has 0 radical (unpaired) electrons. The van der Waals surface area contributed by atoms with Crippen LogP contribution in [0.1, 0.15) is 30.1 Å². The third kappa shape index (κ3) is 2.34. The van der Waals surface area contributed by atoms with Crippen molar-refractivity contribution in [2.75, 3.05) is 6.61 Å². The maximum Gasteiger partial charge on any atom is 0.105 e. The van der Waals surface area contributed by atoms with Crippen molar-refractivity contribution in [2.24, 2.45) is 0 Å². The van der Waals surface area contributed by atoms with Gasteiger partial charge in [-0.25, -0.2) is 4.39 Å². The summed E-state index contributed by atoms with van der Waals surface area (Å²) in [4.78, 5) is 0. The second-order valence-corrected chi connectivity index (χ2v) is 3.71. The predicted molar refractivity (Wildman–Crippen MR) is 54.0 cm³/mol. The molecule has 0 saturated carbocycles. The van der Waals surface area contributed by atoms with E-state index in [1.54, 1.807) is 12.1 Å². The topological polar surface area (TPSA) is 33.0 Å². The Kier molecular flexibility index (Phi) is 2.98. The van der Waals surface area contributed by atoms with Crippen molar-refractivity contribution in [1.82, 2.24) is 0 Å². The lowest BCUT2D eigenvalue weighted by molar-refractivity contribution is -0.0193. The highest BCUT2D eigenvalue weighted by atomic mass is 19.1. The second kappa shape index (κ2) is 4.41. The molecule has 1 saturated heterocycles. The Balaban J connectivity index is 2.12. The Morgan fingerprint density at radius 2 is 2.07 bits per heavy atom. The molecule has 15 heavy (non-hydrogen) atoms. The zero-order valence-electron chi connectivity index (χ0n) is 8.32. The minimum atomic E-state index is -0.764. The lowest BCUT2D eigenvalue weighted by Gasteiger charge is -2.25. The van der Waals surface area contributed by atoms with E-state index in [9.17, 15) is 4.39 Å². The third-order valence-electron chi connectivity index (χ3n) is 2.63. The van der Waals surface area contributed by atoms with E-state index in [1.165, 1.54) is 0 Å². The van der Waals surface area contributed by atoms with Crippen molar-refractivity contribution in [3.63, 3.8) is 0 Å². The van der Waals surface area contributed by atoms with Crippen LogP contribution >= 0.6 is 0 Å². The molecule has 2 rings (SSSR count). The molecule has 1 aliphatic heterocycles. The maximum absolute atomic E-state index is 13.1. The van der Waals surface area contributed by atoms with Crippen molar-refractivity contribution in [3.05, 3.63) is 35.4 Å². The van der Waals surface area contributed by atoms with E-state index < -0.39 is 6.17 Å². The second-order valence-electron chi connectivity index (χ2n) is 3.71. The number of hydrogen-bond acceptors (Lipinski definition) is 2. The normalized spacial score (nSPS) is 25.9. The van der Waals surface area contributed by atoms with Crippen molar-refractivity contribution in [2.45, 2.75) is 25.1 Å². The van der Waals surface area contributed by atoms with Gasteiger partial charge >= 0.3 is 0 Å². The number of benzene rings is 1. The molecule has 0 unspecified atom stereocenters. The number of alkyl halides is 1. The fourth-order valence-corrected chi connectivity index (χ4v) is 1.76. The molecule has 1 aromatic carbocycles. The molecule has 0 spiro atoms. The summed E-state index contributed by atoms with van der Waals surface area (Å²) in [7, 11) is 0. The molecule has 1 aliphatic rings. The lowest BCUT2D eigenvalue weighted by atomic mass is 9.99. The molecular weight excluding hydrogens is 193 g/mol. The van der Waals surface area contributed by atoms with Gasteiger partial charge in [0.15, 0.2) is 0 Å². The van der Waals surface area contributed by atoms with Crippen LogP contribution in [-0.4, -0.2) is 12.8 Å². The van der Waals surface area contributed by atoms with E-state index in [4.69, 9.17) is 10.00 Å². The monoisotopic (exact) mass is 205 g/mol.